The predicted molar refractivity (Wildman–Crippen MR) is 86.9 cm³/mol. The average Bonchev–Trinajstić information content (AvgIpc) is 3.26. The summed E-state index contributed by atoms with van der Waals surface area (Å²) in [6.07, 6.45) is 2.16. The molecular formula is C15H18N4O2S. The van der Waals surface area contributed by atoms with Crippen LogP contribution in [0.4, 0.5) is 5.69 Å². The molecule has 7 heteroatoms. The minimum atomic E-state index is -0.107. The number of thioether (sulfide) groups is 1. The summed E-state index contributed by atoms with van der Waals surface area (Å²) in [6, 6.07) is 5.64. The highest BCUT2D eigenvalue weighted by atomic mass is 32.2. The molecule has 0 saturated carbocycles. The van der Waals surface area contributed by atoms with Crippen LogP contribution >= 0.6 is 11.8 Å². The third-order valence-corrected chi connectivity index (χ3v) is 4.98. The maximum atomic E-state index is 12.1. The number of imidazole rings is 1. The third-order valence-electron chi connectivity index (χ3n) is 4.04. The summed E-state index contributed by atoms with van der Waals surface area (Å²) in [6.45, 7) is 0.801. The Balaban J connectivity index is 1.53. The van der Waals surface area contributed by atoms with Crippen LogP contribution < -0.4 is 10.6 Å². The second-order valence-electron chi connectivity index (χ2n) is 5.62. The molecule has 2 atom stereocenters. The van der Waals surface area contributed by atoms with Gasteiger partial charge in [0.15, 0.2) is 0 Å². The van der Waals surface area contributed by atoms with E-state index in [4.69, 9.17) is 4.74 Å². The van der Waals surface area contributed by atoms with Gasteiger partial charge in [0.1, 0.15) is 11.9 Å². The lowest BCUT2D eigenvalue weighted by atomic mass is 10.2. The molecule has 6 nitrogen and oxygen atoms in total. The summed E-state index contributed by atoms with van der Waals surface area (Å²) in [5.74, 6) is 2.55. The fourth-order valence-electron chi connectivity index (χ4n) is 2.85. The molecule has 1 aromatic heterocycles. The Morgan fingerprint density at radius 2 is 2.41 bits per heavy atom. The number of anilines is 1. The Morgan fingerprint density at radius 1 is 1.45 bits per heavy atom. The Morgan fingerprint density at radius 3 is 3.18 bits per heavy atom. The van der Waals surface area contributed by atoms with E-state index in [2.05, 4.69) is 20.6 Å². The molecule has 0 bridgehead atoms. The molecule has 0 radical (unpaired) electrons. The number of rotatable bonds is 3. The SMILES string of the molecule is O=C(Nc1ccc2nc(C3CCCO3)[nH]c2c1)C1CSCN1. The molecule has 1 amide bonds. The molecule has 2 unspecified atom stereocenters. The minimum absolute atomic E-state index is 0.0169. The van der Waals surface area contributed by atoms with Crippen molar-refractivity contribution >= 4 is 34.4 Å². The van der Waals surface area contributed by atoms with Gasteiger partial charge in [0.05, 0.1) is 17.1 Å². The maximum absolute atomic E-state index is 12.1. The first kappa shape index (κ1) is 14.0. The van der Waals surface area contributed by atoms with Crippen molar-refractivity contribution < 1.29 is 9.53 Å². The van der Waals surface area contributed by atoms with E-state index in [1.165, 1.54) is 0 Å². The van der Waals surface area contributed by atoms with Crippen LogP contribution in [0.2, 0.25) is 0 Å². The van der Waals surface area contributed by atoms with Crippen LogP contribution in [0.1, 0.15) is 24.8 Å². The zero-order valence-corrected chi connectivity index (χ0v) is 12.9. The zero-order valence-electron chi connectivity index (χ0n) is 12.1. The predicted octanol–water partition coefficient (Wildman–Crippen LogP) is 2.02. The molecule has 0 spiro atoms. The highest BCUT2D eigenvalue weighted by Crippen LogP contribution is 2.28. The number of carbonyl (C=O) groups is 1. The Bertz CT molecular complexity index is 690. The molecule has 1 aromatic carbocycles. The number of aromatic nitrogens is 2. The monoisotopic (exact) mass is 318 g/mol. The van der Waals surface area contributed by atoms with Crippen LogP contribution in [0.5, 0.6) is 0 Å². The van der Waals surface area contributed by atoms with Gasteiger partial charge in [-0.25, -0.2) is 4.98 Å². The lowest BCUT2D eigenvalue weighted by Gasteiger charge is -2.10. The van der Waals surface area contributed by atoms with Gasteiger partial charge in [-0.3, -0.25) is 10.1 Å². The third kappa shape index (κ3) is 2.71. The molecule has 2 aliphatic rings. The van der Waals surface area contributed by atoms with Crippen molar-refractivity contribution in [2.24, 2.45) is 0 Å². The van der Waals surface area contributed by atoms with Crippen LogP contribution in [0.3, 0.4) is 0 Å². The van der Waals surface area contributed by atoms with Gasteiger partial charge in [0.25, 0.3) is 0 Å². The number of hydrogen-bond donors (Lipinski definition) is 3. The van der Waals surface area contributed by atoms with Crippen molar-refractivity contribution in [3.8, 4) is 0 Å². The molecule has 0 aliphatic carbocycles. The standard InChI is InChI=1S/C15H18N4O2S/c20-15(12-7-22-8-16-12)17-9-3-4-10-11(6-9)19-14(18-10)13-2-1-5-21-13/h3-4,6,12-13,16H,1-2,5,7-8H2,(H,17,20)(H,18,19). The maximum Gasteiger partial charge on any atom is 0.242 e. The molecule has 2 fully saturated rings. The van der Waals surface area contributed by atoms with Gasteiger partial charge in [0, 0.05) is 23.9 Å². The molecule has 3 heterocycles. The summed E-state index contributed by atoms with van der Waals surface area (Å²) >= 11 is 1.74. The molecule has 2 aliphatic heterocycles. The number of hydrogen-bond acceptors (Lipinski definition) is 5. The quantitative estimate of drug-likeness (QED) is 0.807. The van der Waals surface area contributed by atoms with Crippen LogP contribution in [0, 0.1) is 0 Å². The first-order valence-electron chi connectivity index (χ1n) is 7.53. The van der Waals surface area contributed by atoms with Gasteiger partial charge in [-0.2, -0.15) is 0 Å². The van der Waals surface area contributed by atoms with Crippen LogP contribution in [0.25, 0.3) is 11.0 Å². The number of carbonyl (C=O) groups excluding carboxylic acids is 1. The average molecular weight is 318 g/mol. The van der Waals surface area contributed by atoms with Crippen molar-refractivity contribution in [1.82, 2.24) is 15.3 Å². The van der Waals surface area contributed by atoms with Crippen LogP contribution in [-0.4, -0.2) is 40.2 Å². The van der Waals surface area contributed by atoms with E-state index in [0.29, 0.717) is 0 Å². The topological polar surface area (TPSA) is 79.0 Å². The summed E-state index contributed by atoms with van der Waals surface area (Å²) in [5.41, 5.74) is 2.62. The Kier molecular flexibility index (Phi) is 3.77. The van der Waals surface area contributed by atoms with E-state index < -0.39 is 0 Å². The summed E-state index contributed by atoms with van der Waals surface area (Å²) in [7, 11) is 0. The van der Waals surface area contributed by atoms with Crippen molar-refractivity contribution in [3.05, 3.63) is 24.0 Å². The molecule has 3 N–H and O–H groups in total. The fraction of sp³-hybridized carbons (Fsp3) is 0.467. The summed E-state index contributed by atoms with van der Waals surface area (Å²) < 4.78 is 5.66. The number of amides is 1. The van der Waals surface area contributed by atoms with Crippen molar-refractivity contribution in [2.45, 2.75) is 25.0 Å². The molecule has 116 valence electrons. The van der Waals surface area contributed by atoms with Gasteiger partial charge >= 0.3 is 0 Å². The van der Waals surface area contributed by atoms with Crippen molar-refractivity contribution in [2.75, 3.05) is 23.6 Å². The first-order valence-corrected chi connectivity index (χ1v) is 8.68. The number of fused-ring (bicyclic) bond motifs is 1. The van der Waals surface area contributed by atoms with Crippen molar-refractivity contribution in [3.63, 3.8) is 0 Å². The van der Waals surface area contributed by atoms with Gasteiger partial charge < -0.3 is 15.0 Å². The largest absolute Gasteiger partial charge is 0.370 e. The smallest absolute Gasteiger partial charge is 0.242 e. The van der Waals surface area contributed by atoms with E-state index in [0.717, 1.165) is 53.6 Å². The van der Waals surface area contributed by atoms with Gasteiger partial charge in [0.2, 0.25) is 5.91 Å². The number of H-pyrrole nitrogens is 1. The van der Waals surface area contributed by atoms with E-state index in [9.17, 15) is 4.79 Å². The minimum Gasteiger partial charge on any atom is -0.370 e. The second kappa shape index (κ2) is 5.91. The molecule has 22 heavy (non-hydrogen) atoms. The number of nitrogens with zero attached hydrogens (tertiary/aromatic N) is 1. The Hall–Kier alpha value is -1.57. The lowest BCUT2D eigenvalue weighted by Crippen LogP contribution is -2.37. The number of ether oxygens (including phenoxy) is 1. The summed E-state index contributed by atoms with van der Waals surface area (Å²) in [5, 5.41) is 6.13. The van der Waals surface area contributed by atoms with Crippen LogP contribution in [0.15, 0.2) is 18.2 Å². The van der Waals surface area contributed by atoms with E-state index in [1.807, 2.05) is 18.2 Å². The second-order valence-corrected chi connectivity index (χ2v) is 6.65. The van der Waals surface area contributed by atoms with Crippen molar-refractivity contribution in [1.29, 1.82) is 0 Å². The van der Waals surface area contributed by atoms with Gasteiger partial charge in [-0.05, 0) is 31.0 Å². The molecule has 2 saturated heterocycles. The van der Waals surface area contributed by atoms with Gasteiger partial charge in [-0.15, -0.1) is 11.8 Å². The van der Waals surface area contributed by atoms with E-state index in [1.54, 1.807) is 11.8 Å². The highest BCUT2D eigenvalue weighted by molar-refractivity contribution is 7.99. The number of aromatic amines is 1. The number of nitrogens with one attached hydrogen (secondary N) is 3. The van der Waals surface area contributed by atoms with Crippen LogP contribution in [-0.2, 0) is 9.53 Å². The summed E-state index contributed by atoms with van der Waals surface area (Å²) in [4.78, 5) is 20.0. The first-order chi connectivity index (χ1) is 10.8. The lowest BCUT2D eigenvalue weighted by molar-refractivity contribution is -0.117. The zero-order chi connectivity index (χ0) is 14.9. The number of benzene rings is 1. The molecular weight excluding hydrogens is 300 g/mol. The Labute approximate surface area is 132 Å². The van der Waals surface area contributed by atoms with Gasteiger partial charge in [-0.1, -0.05) is 0 Å². The normalized spacial score (nSPS) is 24.9. The highest BCUT2D eigenvalue weighted by Gasteiger charge is 2.23. The van der Waals surface area contributed by atoms with E-state index >= 15 is 0 Å². The fourth-order valence-corrected chi connectivity index (χ4v) is 3.79. The van der Waals surface area contributed by atoms with E-state index in [-0.39, 0.29) is 18.1 Å². The molecule has 4 rings (SSSR count). The molecule has 2 aromatic rings.